The second kappa shape index (κ2) is 7.24. The molecule has 0 unspecified atom stereocenters. The summed E-state index contributed by atoms with van der Waals surface area (Å²) in [4.78, 5) is 25.7. The van der Waals surface area contributed by atoms with Gasteiger partial charge in [-0.05, 0) is 24.3 Å². The number of nitrogens with one attached hydrogen (secondary N) is 1. The van der Waals surface area contributed by atoms with Gasteiger partial charge in [0.25, 0.3) is 5.91 Å². The van der Waals surface area contributed by atoms with E-state index in [1.165, 1.54) is 24.1 Å². The van der Waals surface area contributed by atoms with Gasteiger partial charge in [0.1, 0.15) is 11.3 Å². The Hall–Kier alpha value is -3.39. The molecule has 26 heavy (non-hydrogen) atoms. The van der Waals surface area contributed by atoms with Crippen LogP contribution < -0.4 is 9.64 Å². The monoisotopic (exact) mass is 355 g/mol. The molecule has 0 spiro atoms. The molecule has 134 valence electrons. The largest absolute Gasteiger partial charge is 0.496 e. The van der Waals surface area contributed by atoms with Gasteiger partial charge >= 0.3 is 5.97 Å². The van der Waals surface area contributed by atoms with Crippen molar-refractivity contribution in [2.45, 2.75) is 0 Å². The van der Waals surface area contributed by atoms with Crippen molar-refractivity contribution in [3.8, 4) is 5.75 Å². The van der Waals surface area contributed by atoms with Gasteiger partial charge in [-0.1, -0.05) is 18.2 Å². The SMILES string of the molecule is COc1ccc(N(CCO)C(=O)c2n[nH]c3ccccc23)cc1C(=O)O. The fourth-order valence-electron chi connectivity index (χ4n) is 2.73. The number of anilines is 1. The number of carboxylic acids is 1. The lowest BCUT2D eigenvalue weighted by molar-refractivity contribution is 0.0693. The van der Waals surface area contributed by atoms with Crippen molar-refractivity contribution >= 4 is 28.5 Å². The van der Waals surface area contributed by atoms with Crippen LogP contribution in [0.1, 0.15) is 20.8 Å². The van der Waals surface area contributed by atoms with Crippen LogP contribution in [0.25, 0.3) is 10.9 Å². The molecule has 0 saturated heterocycles. The highest BCUT2D eigenvalue weighted by Crippen LogP contribution is 2.27. The van der Waals surface area contributed by atoms with Gasteiger partial charge in [0.05, 0.1) is 19.2 Å². The number of hydrogen-bond donors (Lipinski definition) is 3. The van der Waals surface area contributed by atoms with Crippen molar-refractivity contribution in [2.75, 3.05) is 25.2 Å². The van der Waals surface area contributed by atoms with E-state index in [9.17, 15) is 19.8 Å². The average molecular weight is 355 g/mol. The van der Waals surface area contributed by atoms with Gasteiger partial charge in [-0.15, -0.1) is 0 Å². The number of H-pyrrole nitrogens is 1. The number of carbonyl (C=O) groups excluding carboxylic acids is 1. The molecule has 0 aliphatic heterocycles. The summed E-state index contributed by atoms with van der Waals surface area (Å²) >= 11 is 0. The summed E-state index contributed by atoms with van der Waals surface area (Å²) in [6.45, 7) is -0.298. The fraction of sp³-hybridized carbons (Fsp3) is 0.167. The molecule has 3 N–H and O–H groups in total. The van der Waals surface area contributed by atoms with Crippen LogP contribution in [0.5, 0.6) is 5.75 Å². The molecule has 0 bridgehead atoms. The van der Waals surface area contributed by atoms with Gasteiger partial charge in [0, 0.05) is 17.6 Å². The first-order valence-corrected chi connectivity index (χ1v) is 7.84. The number of fused-ring (bicyclic) bond motifs is 1. The number of hydrogen-bond acceptors (Lipinski definition) is 5. The quantitative estimate of drug-likeness (QED) is 0.622. The zero-order chi connectivity index (χ0) is 18.7. The molecule has 3 rings (SSSR count). The normalized spacial score (nSPS) is 10.7. The third-order valence-corrected chi connectivity index (χ3v) is 3.97. The third-order valence-electron chi connectivity index (χ3n) is 3.97. The van der Waals surface area contributed by atoms with Gasteiger partial charge in [0.2, 0.25) is 0 Å². The number of para-hydroxylation sites is 1. The number of carbonyl (C=O) groups is 2. The Morgan fingerprint density at radius 2 is 2.00 bits per heavy atom. The van der Waals surface area contributed by atoms with E-state index < -0.39 is 11.9 Å². The van der Waals surface area contributed by atoms with E-state index >= 15 is 0 Å². The molecule has 1 aromatic heterocycles. The van der Waals surface area contributed by atoms with Gasteiger partial charge in [0.15, 0.2) is 5.69 Å². The van der Waals surface area contributed by atoms with Gasteiger partial charge < -0.3 is 19.8 Å². The number of aromatic carboxylic acids is 1. The molecular weight excluding hydrogens is 338 g/mol. The highest BCUT2D eigenvalue weighted by atomic mass is 16.5. The van der Waals surface area contributed by atoms with Crippen molar-refractivity contribution in [2.24, 2.45) is 0 Å². The number of aliphatic hydroxyl groups excluding tert-OH is 1. The Kier molecular flexibility index (Phi) is 4.85. The smallest absolute Gasteiger partial charge is 0.339 e. The number of aromatic nitrogens is 2. The molecule has 0 aliphatic rings. The van der Waals surface area contributed by atoms with Gasteiger partial charge in [-0.2, -0.15) is 5.10 Å². The Morgan fingerprint density at radius 3 is 2.69 bits per heavy atom. The highest BCUT2D eigenvalue weighted by molar-refractivity contribution is 6.12. The molecule has 8 nitrogen and oxygen atoms in total. The zero-order valence-electron chi connectivity index (χ0n) is 14.0. The maximum Gasteiger partial charge on any atom is 0.339 e. The van der Waals surface area contributed by atoms with E-state index in [1.807, 2.05) is 6.07 Å². The first-order chi connectivity index (χ1) is 12.6. The maximum atomic E-state index is 13.0. The number of carboxylic acid groups (broad SMARTS) is 1. The maximum absolute atomic E-state index is 13.0. The summed E-state index contributed by atoms with van der Waals surface area (Å²) in [5.41, 5.74) is 1.16. The van der Waals surface area contributed by atoms with Crippen LogP contribution in [-0.2, 0) is 0 Å². The zero-order valence-corrected chi connectivity index (χ0v) is 14.0. The molecule has 1 amide bonds. The molecule has 0 radical (unpaired) electrons. The fourth-order valence-corrected chi connectivity index (χ4v) is 2.73. The Bertz CT molecular complexity index is 966. The predicted octanol–water partition coefficient (Wildman–Crippen LogP) is 1.91. The molecule has 0 fully saturated rings. The van der Waals surface area contributed by atoms with Gasteiger partial charge in [-0.25, -0.2) is 4.79 Å². The summed E-state index contributed by atoms with van der Waals surface area (Å²) in [5, 5.41) is 26.2. The molecule has 0 saturated carbocycles. The minimum absolute atomic E-state index is 0.00852. The van der Waals surface area contributed by atoms with Crippen LogP contribution in [0.4, 0.5) is 5.69 Å². The molecule has 8 heteroatoms. The number of nitrogens with zero attached hydrogens (tertiary/aromatic N) is 2. The summed E-state index contributed by atoms with van der Waals surface area (Å²) in [5.74, 6) is -1.44. The number of methoxy groups -OCH3 is 1. The Balaban J connectivity index is 2.05. The number of aromatic amines is 1. The van der Waals surface area contributed by atoms with E-state index in [4.69, 9.17) is 4.74 Å². The van der Waals surface area contributed by atoms with Crippen molar-refractivity contribution in [3.63, 3.8) is 0 Å². The van der Waals surface area contributed by atoms with E-state index in [0.717, 1.165) is 0 Å². The average Bonchev–Trinajstić information content (AvgIpc) is 3.09. The van der Waals surface area contributed by atoms with E-state index in [2.05, 4.69) is 10.2 Å². The molecule has 2 aromatic carbocycles. The molecule has 0 aliphatic carbocycles. The molecular formula is C18H17N3O5. The van der Waals surface area contributed by atoms with Crippen molar-refractivity contribution < 1.29 is 24.5 Å². The summed E-state index contributed by atoms with van der Waals surface area (Å²) in [6, 6.07) is 11.5. The van der Waals surface area contributed by atoms with E-state index in [1.54, 1.807) is 24.3 Å². The van der Waals surface area contributed by atoms with Crippen molar-refractivity contribution in [1.29, 1.82) is 0 Å². The summed E-state index contributed by atoms with van der Waals surface area (Å²) < 4.78 is 5.04. The first kappa shape index (κ1) is 17.4. The Labute approximate surface area is 148 Å². The van der Waals surface area contributed by atoms with Crippen LogP contribution in [-0.4, -0.2) is 52.5 Å². The molecule has 1 heterocycles. The number of amides is 1. The lowest BCUT2D eigenvalue weighted by Gasteiger charge is -2.22. The highest BCUT2D eigenvalue weighted by Gasteiger charge is 2.24. The minimum Gasteiger partial charge on any atom is -0.496 e. The Morgan fingerprint density at radius 1 is 1.23 bits per heavy atom. The predicted molar refractivity (Wildman–Crippen MR) is 94.8 cm³/mol. The van der Waals surface area contributed by atoms with Crippen LogP contribution in [0.3, 0.4) is 0 Å². The van der Waals surface area contributed by atoms with E-state index in [-0.39, 0.29) is 30.2 Å². The number of benzene rings is 2. The number of rotatable bonds is 6. The van der Waals surface area contributed by atoms with Crippen LogP contribution >= 0.6 is 0 Å². The summed E-state index contributed by atoms with van der Waals surface area (Å²) in [7, 11) is 1.37. The second-order valence-corrected chi connectivity index (χ2v) is 5.49. The van der Waals surface area contributed by atoms with Gasteiger partial charge in [-0.3, -0.25) is 9.89 Å². The second-order valence-electron chi connectivity index (χ2n) is 5.49. The van der Waals surface area contributed by atoms with Crippen LogP contribution in [0.15, 0.2) is 42.5 Å². The third kappa shape index (κ3) is 3.09. The van der Waals surface area contributed by atoms with Crippen molar-refractivity contribution in [3.05, 3.63) is 53.7 Å². The standard InChI is InChI=1S/C18H17N3O5/c1-26-15-7-6-11(10-13(15)18(24)25)21(8-9-22)17(23)16-12-4-2-3-5-14(12)19-20-16/h2-7,10,22H,8-9H2,1H3,(H,19,20)(H,24,25). The first-order valence-electron chi connectivity index (χ1n) is 7.84. The topological polar surface area (TPSA) is 116 Å². The lowest BCUT2D eigenvalue weighted by Crippen LogP contribution is -2.34. The molecule has 3 aromatic rings. The van der Waals surface area contributed by atoms with Crippen LogP contribution in [0.2, 0.25) is 0 Å². The van der Waals surface area contributed by atoms with Crippen molar-refractivity contribution in [1.82, 2.24) is 10.2 Å². The lowest BCUT2D eigenvalue weighted by atomic mass is 10.1. The number of aliphatic hydroxyl groups is 1. The van der Waals surface area contributed by atoms with Crippen LogP contribution in [0, 0.1) is 0 Å². The number of ether oxygens (including phenoxy) is 1. The summed E-state index contributed by atoms with van der Waals surface area (Å²) in [6.07, 6.45) is 0. The minimum atomic E-state index is -1.18. The molecule has 0 atom stereocenters. The van der Waals surface area contributed by atoms with E-state index in [0.29, 0.717) is 16.6 Å².